The van der Waals surface area contributed by atoms with E-state index in [2.05, 4.69) is 15.5 Å². The summed E-state index contributed by atoms with van der Waals surface area (Å²) in [5.41, 5.74) is 1.54. The zero-order valence-electron chi connectivity index (χ0n) is 17.9. The molecule has 0 saturated carbocycles. The first-order chi connectivity index (χ1) is 15.4. The van der Waals surface area contributed by atoms with Crippen molar-refractivity contribution in [3.05, 3.63) is 54.2 Å². The van der Waals surface area contributed by atoms with Gasteiger partial charge >= 0.3 is 0 Å². The number of hydrogen-bond donors (Lipinski definition) is 2. The van der Waals surface area contributed by atoms with E-state index in [1.54, 1.807) is 25.4 Å². The summed E-state index contributed by atoms with van der Waals surface area (Å²) in [6.45, 7) is 2.36. The molecule has 2 N–H and O–H groups in total. The molecule has 1 fully saturated rings. The maximum Gasteiger partial charge on any atom is 0.276 e. The quantitative estimate of drug-likeness (QED) is 0.562. The lowest BCUT2D eigenvalue weighted by molar-refractivity contribution is -0.126. The third-order valence-electron chi connectivity index (χ3n) is 5.67. The van der Waals surface area contributed by atoms with E-state index in [-0.39, 0.29) is 23.6 Å². The van der Waals surface area contributed by atoms with Gasteiger partial charge in [0.05, 0.1) is 19.1 Å². The number of H-pyrrole nitrogens is 1. The molecular formula is C22H26N4O5S. The molecule has 0 aliphatic carbocycles. The monoisotopic (exact) mass is 458 g/mol. The Labute approximate surface area is 186 Å². The van der Waals surface area contributed by atoms with E-state index in [0.29, 0.717) is 30.8 Å². The highest BCUT2D eigenvalue weighted by molar-refractivity contribution is 7.89. The Kier molecular flexibility index (Phi) is 6.33. The molecule has 0 unspecified atom stereocenters. The van der Waals surface area contributed by atoms with E-state index in [9.17, 15) is 13.2 Å². The molecule has 1 amide bonds. The third-order valence-corrected chi connectivity index (χ3v) is 7.41. The number of carbonyl (C=O) groups excluding carboxylic acids is 1. The predicted molar refractivity (Wildman–Crippen MR) is 117 cm³/mol. The summed E-state index contributed by atoms with van der Waals surface area (Å²) >= 11 is 0. The third kappa shape index (κ3) is 4.56. The molecule has 4 rings (SSSR count). The second kappa shape index (κ2) is 9.17. The van der Waals surface area contributed by atoms with Crippen LogP contribution in [0.4, 0.5) is 0 Å². The Balaban J connectivity index is 1.42. The molecule has 3 heterocycles. The van der Waals surface area contributed by atoms with Gasteiger partial charge in [0.1, 0.15) is 11.4 Å². The van der Waals surface area contributed by atoms with Gasteiger partial charge in [-0.3, -0.25) is 9.89 Å². The summed E-state index contributed by atoms with van der Waals surface area (Å²) in [6, 6.07) is 12.0. The lowest BCUT2D eigenvalue weighted by Crippen LogP contribution is -2.45. The lowest BCUT2D eigenvalue weighted by Gasteiger charge is -2.31. The highest BCUT2D eigenvalue weighted by Gasteiger charge is 2.35. The molecule has 0 spiro atoms. The highest BCUT2D eigenvalue weighted by Crippen LogP contribution is 2.28. The van der Waals surface area contributed by atoms with E-state index < -0.39 is 15.9 Å². The van der Waals surface area contributed by atoms with E-state index in [4.69, 9.17) is 9.15 Å². The number of nitrogens with one attached hydrogen (secondary N) is 2. The zero-order valence-corrected chi connectivity index (χ0v) is 18.8. The zero-order chi connectivity index (χ0) is 22.7. The van der Waals surface area contributed by atoms with Gasteiger partial charge in [0.25, 0.3) is 10.0 Å². The standard InChI is InChI=1S/C22H26N4O5S/c1-15(16-5-7-18(30-2)8-6-16)24-22(27)17-4-3-13-26(14-17)32(28,29)21-10-9-20(31-21)19-11-12-23-25-19/h5-12,15,17H,3-4,13-14H2,1-2H3,(H,23,25)(H,24,27)/t15-,17+/m1/s1. The lowest BCUT2D eigenvalue weighted by atomic mass is 9.98. The van der Waals surface area contributed by atoms with Crippen molar-refractivity contribution in [3.8, 4) is 17.2 Å². The summed E-state index contributed by atoms with van der Waals surface area (Å²) < 4.78 is 38.3. The van der Waals surface area contributed by atoms with Gasteiger partial charge in [-0.05, 0) is 55.7 Å². The number of carbonyl (C=O) groups is 1. The maximum absolute atomic E-state index is 13.1. The molecular weight excluding hydrogens is 432 g/mol. The number of aromatic amines is 1. The fraction of sp³-hybridized carbons (Fsp3) is 0.364. The van der Waals surface area contributed by atoms with Crippen LogP contribution in [0.25, 0.3) is 11.5 Å². The van der Waals surface area contributed by atoms with Crippen molar-refractivity contribution in [2.75, 3.05) is 20.2 Å². The van der Waals surface area contributed by atoms with Crippen LogP contribution in [0.2, 0.25) is 0 Å². The van der Waals surface area contributed by atoms with Gasteiger partial charge < -0.3 is 14.5 Å². The Bertz CT molecular complexity index is 1160. The summed E-state index contributed by atoms with van der Waals surface area (Å²) in [7, 11) is -2.25. The molecule has 1 saturated heterocycles. The van der Waals surface area contributed by atoms with Crippen molar-refractivity contribution in [2.24, 2.45) is 5.92 Å². The minimum Gasteiger partial charge on any atom is -0.497 e. The first kappa shape index (κ1) is 22.1. The summed E-state index contributed by atoms with van der Waals surface area (Å²) in [5, 5.41) is 9.45. The molecule has 170 valence electrons. The molecule has 10 heteroatoms. The molecule has 1 aliphatic heterocycles. The van der Waals surface area contributed by atoms with E-state index in [1.807, 2.05) is 31.2 Å². The average Bonchev–Trinajstić information content (AvgIpc) is 3.51. The molecule has 1 aliphatic rings. The number of sulfonamides is 1. The predicted octanol–water partition coefficient (Wildman–Crippen LogP) is 2.96. The van der Waals surface area contributed by atoms with Crippen LogP contribution in [-0.4, -0.2) is 49.0 Å². The first-order valence-corrected chi connectivity index (χ1v) is 11.9. The van der Waals surface area contributed by atoms with Crippen molar-refractivity contribution in [3.63, 3.8) is 0 Å². The number of ether oxygens (including phenoxy) is 1. The number of furan rings is 1. The van der Waals surface area contributed by atoms with Gasteiger partial charge in [0.15, 0.2) is 5.76 Å². The van der Waals surface area contributed by atoms with Crippen LogP contribution in [-0.2, 0) is 14.8 Å². The molecule has 0 radical (unpaired) electrons. The Morgan fingerprint density at radius 2 is 2.03 bits per heavy atom. The van der Waals surface area contributed by atoms with Gasteiger partial charge in [0.2, 0.25) is 11.0 Å². The van der Waals surface area contributed by atoms with Crippen LogP contribution in [0.1, 0.15) is 31.4 Å². The van der Waals surface area contributed by atoms with Crippen LogP contribution in [0, 0.1) is 5.92 Å². The Hall–Kier alpha value is -3.11. The molecule has 9 nitrogen and oxygen atoms in total. The first-order valence-electron chi connectivity index (χ1n) is 10.4. The van der Waals surface area contributed by atoms with Crippen LogP contribution in [0.5, 0.6) is 5.75 Å². The van der Waals surface area contributed by atoms with Crippen molar-refractivity contribution < 1.29 is 22.4 Å². The minimum atomic E-state index is -3.85. The maximum atomic E-state index is 13.1. The molecule has 1 aromatic carbocycles. The smallest absolute Gasteiger partial charge is 0.276 e. The Morgan fingerprint density at radius 1 is 1.25 bits per heavy atom. The van der Waals surface area contributed by atoms with Crippen LogP contribution in [0.3, 0.4) is 0 Å². The number of piperidine rings is 1. The number of methoxy groups -OCH3 is 1. The van der Waals surface area contributed by atoms with Crippen LogP contribution < -0.4 is 10.1 Å². The molecule has 2 aromatic heterocycles. The Morgan fingerprint density at radius 3 is 2.72 bits per heavy atom. The fourth-order valence-electron chi connectivity index (χ4n) is 3.81. The average molecular weight is 459 g/mol. The summed E-state index contributed by atoms with van der Waals surface area (Å²) in [4.78, 5) is 12.9. The van der Waals surface area contributed by atoms with Crippen molar-refractivity contribution in [2.45, 2.75) is 30.9 Å². The second-order valence-electron chi connectivity index (χ2n) is 7.79. The van der Waals surface area contributed by atoms with E-state index >= 15 is 0 Å². The number of nitrogens with zero attached hydrogens (tertiary/aromatic N) is 2. The van der Waals surface area contributed by atoms with Crippen LogP contribution in [0.15, 0.2) is 58.2 Å². The van der Waals surface area contributed by atoms with Gasteiger partial charge in [0, 0.05) is 19.3 Å². The largest absolute Gasteiger partial charge is 0.497 e. The SMILES string of the molecule is COc1ccc([C@@H](C)NC(=O)[C@H]2CCCN(S(=O)(=O)c3ccc(-c4ccn[nH]4)o3)C2)cc1. The highest BCUT2D eigenvalue weighted by atomic mass is 32.2. The normalized spacial score (nSPS) is 18.2. The molecule has 32 heavy (non-hydrogen) atoms. The summed E-state index contributed by atoms with van der Waals surface area (Å²) in [5.74, 6) is 0.543. The van der Waals surface area contributed by atoms with E-state index in [1.165, 1.54) is 10.4 Å². The second-order valence-corrected chi connectivity index (χ2v) is 9.66. The van der Waals surface area contributed by atoms with Crippen LogP contribution >= 0.6 is 0 Å². The number of benzene rings is 1. The van der Waals surface area contributed by atoms with Gasteiger partial charge in [-0.15, -0.1) is 0 Å². The molecule has 0 bridgehead atoms. The van der Waals surface area contributed by atoms with E-state index in [0.717, 1.165) is 11.3 Å². The minimum absolute atomic E-state index is 0.115. The van der Waals surface area contributed by atoms with Gasteiger partial charge in [-0.2, -0.15) is 9.40 Å². The van der Waals surface area contributed by atoms with Gasteiger partial charge in [-0.25, -0.2) is 8.42 Å². The number of amides is 1. The van der Waals surface area contributed by atoms with Crippen molar-refractivity contribution in [1.29, 1.82) is 0 Å². The van der Waals surface area contributed by atoms with Crippen molar-refractivity contribution in [1.82, 2.24) is 19.8 Å². The number of rotatable bonds is 7. The summed E-state index contributed by atoms with van der Waals surface area (Å²) in [6.07, 6.45) is 2.79. The topological polar surface area (TPSA) is 118 Å². The molecule has 3 aromatic rings. The number of aromatic nitrogens is 2. The van der Waals surface area contributed by atoms with Crippen molar-refractivity contribution >= 4 is 15.9 Å². The van der Waals surface area contributed by atoms with Gasteiger partial charge in [-0.1, -0.05) is 12.1 Å². The number of hydrogen-bond acceptors (Lipinski definition) is 6. The molecule has 2 atom stereocenters. The fourth-order valence-corrected chi connectivity index (χ4v) is 5.24.